The van der Waals surface area contributed by atoms with Crippen LogP contribution in [0.1, 0.15) is 37.5 Å². The van der Waals surface area contributed by atoms with Crippen LogP contribution in [-0.2, 0) is 16.1 Å². The summed E-state index contributed by atoms with van der Waals surface area (Å²) in [7, 11) is 1.61. The molecule has 2 unspecified atom stereocenters. The zero-order valence-corrected chi connectivity index (χ0v) is 14.7. The van der Waals surface area contributed by atoms with Crippen LogP contribution in [0.4, 0.5) is 0 Å². The van der Waals surface area contributed by atoms with E-state index in [4.69, 9.17) is 9.15 Å². The second kappa shape index (κ2) is 8.92. The van der Waals surface area contributed by atoms with Crippen LogP contribution in [0.15, 0.2) is 47.1 Å². The van der Waals surface area contributed by atoms with E-state index in [0.29, 0.717) is 12.3 Å². The standard InChI is InChI=1S/C19H24N2O4/c1-13(16-8-4-5-9-17(16)24-3)11-18(22)21-14(2)19(23)20-12-15-7-6-10-25-15/h4-10,13-14H,11-12H2,1-3H3,(H,20,23)(H,21,22). The van der Waals surface area contributed by atoms with Gasteiger partial charge in [0.25, 0.3) is 0 Å². The van der Waals surface area contributed by atoms with Gasteiger partial charge in [-0.05, 0) is 36.6 Å². The molecule has 0 saturated carbocycles. The summed E-state index contributed by atoms with van der Waals surface area (Å²) in [5.41, 5.74) is 0.968. The fraction of sp³-hybridized carbons (Fsp3) is 0.368. The number of nitrogens with one attached hydrogen (secondary N) is 2. The van der Waals surface area contributed by atoms with Crippen molar-refractivity contribution in [3.8, 4) is 5.75 Å². The second-order valence-electron chi connectivity index (χ2n) is 5.93. The number of amides is 2. The van der Waals surface area contributed by atoms with Gasteiger partial charge in [0.15, 0.2) is 0 Å². The summed E-state index contributed by atoms with van der Waals surface area (Å²) < 4.78 is 10.5. The lowest BCUT2D eigenvalue weighted by Gasteiger charge is -2.17. The number of benzene rings is 1. The first-order valence-corrected chi connectivity index (χ1v) is 8.23. The summed E-state index contributed by atoms with van der Waals surface area (Å²) in [6, 6.07) is 10.5. The molecule has 1 aromatic carbocycles. The molecule has 6 nitrogen and oxygen atoms in total. The quantitative estimate of drug-likeness (QED) is 0.771. The molecular weight excluding hydrogens is 320 g/mol. The Morgan fingerprint density at radius 2 is 1.92 bits per heavy atom. The van der Waals surface area contributed by atoms with Gasteiger partial charge in [-0.3, -0.25) is 9.59 Å². The van der Waals surface area contributed by atoms with Gasteiger partial charge in [-0.15, -0.1) is 0 Å². The molecule has 0 spiro atoms. The highest BCUT2D eigenvalue weighted by Gasteiger charge is 2.19. The van der Waals surface area contributed by atoms with E-state index in [1.807, 2.05) is 31.2 Å². The Morgan fingerprint density at radius 1 is 1.16 bits per heavy atom. The van der Waals surface area contributed by atoms with E-state index in [1.54, 1.807) is 32.4 Å². The van der Waals surface area contributed by atoms with Crippen molar-refractivity contribution in [2.24, 2.45) is 0 Å². The molecule has 2 amide bonds. The molecule has 0 bridgehead atoms. The molecule has 2 aromatic rings. The van der Waals surface area contributed by atoms with Gasteiger partial charge in [0.2, 0.25) is 11.8 Å². The van der Waals surface area contributed by atoms with Crippen molar-refractivity contribution in [1.82, 2.24) is 10.6 Å². The van der Waals surface area contributed by atoms with Gasteiger partial charge in [-0.1, -0.05) is 25.1 Å². The fourth-order valence-electron chi connectivity index (χ4n) is 2.57. The van der Waals surface area contributed by atoms with E-state index < -0.39 is 6.04 Å². The molecule has 134 valence electrons. The molecule has 0 aliphatic rings. The number of ether oxygens (including phenoxy) is 1. The van der Waals surface area contributed by atoms with Gasteiger partial charge in [-0.25, -0.2) is 0 Å². The van der Waals surface area contributed by atoms with Crippen LogP contribution in [0, 0.1) is 0 Å². The number of hydrogen-bond acceptors (Lipinski definition) is 4. The molecule has 6 heteroatoms. The smallest absolute Gasteiger partial charge is 0.242 e. The van der Waals surface area contributed by atoms with Crippen molar-refractivity contribution in [2.75, 3.05) is 7.11 Å². The summed E-state index contributed by atoms with van der Waals surface area (Å²) in [5, 5.41) is 5.45. The highest BCUT2D eigenvalue weighted by atomic mass is 16.5. The first kappa shape index (κ1) is 18.6. The largest absolute Gasteiger partial charge is 0.496 e. The minimum atomic E-state index is -0.618. The summed E-state index contributed by atoms with van der Waals surface area (Å²) in [6.07, 6.45) is 1.82. The minimum absolute atomic E-state index is 0.0190. The van der Waals surface area contributed by atoms with Crippen molar-refractivity contribution in [3.63, 3.8) is 0 Å². The lowest BCUT2D eigenvalue weighted by atomic mass is 9.96. The van der Waals surface area contributed by atoms with Crippen LogP contribution in [0.5, 0.6) is 5.75 Å². The highest BCUT2D eigenvalue weighted by molar-refractivity contribution is 5.87. The number of methoxy groups -OCH3 is 1. The summed E-state index contributed by atoms with van der Waals surface area (Å²) in [6.45, 7) is 3.91. The molecule has 0 aliphatic carbocycles. The second-order valence-corrected chi connectivity index (χ2v) is 5.93. The van der Waals surface area contributed by atoms with E-state index in [9.17, 15) is 9.59 Å². The summed E-state index contributed by atoms with van der Waals surface area (Å²) >= 11 is 0. The molecule has 2 rings (SSSR count). The summed E-state index contributed by atoms with van der Waals surface area (Å²) in [5.74, 6) is 0.965. The number of carbonyl (C=O) groups excluding carboxylic acids is 2. The lowest BCUT2D eigenvalue weighted by molar-refractivity contribution is -0.128. The molecule has 25 heavy (non-hydrogen) atoms. The van der Waals surface area contributed by atoms with Crippen LogP contribution in [-0.4, -0.2) is 25.0 Å². The topological polar surface area (TPSA) is 80.6 Å². The minimum Gasteiger partial charge on any atom is -0.496 e. The van der Waals surface area contributed by atoms with Crippen molar-refractivity contribution in [1.29, 1.82) is 0 Å². The van der Waals surface area contributed by atoms with Crippen LogP contribution in [0.2, 0.25) is 0 Å². The maximum Gasteiger partial charge on any atom is 0.242 e. The Morgan fingerprint density at radius 3 is 2.60 bits per heavy atom. The number of furan rings is 1. The predicted octanol–water partition coefficient (Wildman–Crippen LogP) is 2.60. The van der Waals surface area contributed by atoms with Crippen molar-refractivity contribution in [3.05, 3.63) is 54.0 Å². The van der Waals surface area contributed by atoms with Crippen molar-refractivity contribution < 1.29 is 18.7 Å². The third-order valence-corrected chi connectivity index (χ3v) is 3.95. The van der Waals surface area contributed by atoms with E-state index in [2.05, 4.69) is 10.6 Å². The molecule has 1 heterocycles. The highest BCUT2D eigenvalue weighted by Crippen LogP contribution is 2.28. The van der Waals surface area contributed by atoms with Crippen molar-refractivity contribution in [2.45, 2.75) is 38.8 Å². The SMILES string of the molecule is COc1ccccc1C(C)CC(=O)NC(C)C(=O)NCc1ccco1. The molecule has 2 N–H and O–H groups in total. The molecule has 2 atom stereocenters. The van der Waals surface area contributed by atoms with Crippen LogP contribution >= 0.6 is 0 Å². The van der Waals surface area contributed by atoms with Gasteiger partial charge >= 0.3 is 0 Å². The maximum absolute atomic E-state index is 12.2. The predicted molar refractivity (Wildman–Crippen MR) is 94.2 cm³/mol. The zero-order chi connectivity index (χ0) is 18.2. The van der Waals surface area contributed by atoms with E-state index in [-0.39, 0.29) is 24.2 Å². The maximum atomic E-state index is 12.2. The van der Waals surface area contributed by atoms with Crippen molar-refractivity contribution >= 4 is 11.8 Å². The first-order valence-electron chi connectivity index (χ1n) is 8.23. The van der Waals surface area contributed by atoms with Crippen LogP contribution in [0.3, 0.4) is 0 Å². The Bertz CT molecular complexity index is 697. The van der Waals surface area contributed by atoms with Gasteiger partial charge in [0.1, 0.15) is 17.6 Å². The molecule has 0 radical (unpaired) electrons. The van der Waals surface area contributed by atoms with Gasteiger partial charge in [0, 0.05) is 6.42 Å². The lowest BCUT2D eigenvalue weighted by Crippen LogP contribution is -2.44. The Balaban J connectivity index is 1.83. The molecule has 1 aromatic heterocycles. The number of hydrogen-bond donors (Lipinski definition) is 2. The van der Waals surface area contributed by atoms with E-state index >= 15 is 0 Å². The fourth-order valence-corrected chi connectivity index (χ4v) is 2.57. The van der Waals surface area contributed by atoms with Crippen LogP contribution < -0.4 is 15.4 Å². The molecule has 0 aliphatic heterocycles. The normalized spacial score (nSPS) is 12.9. The average Bonchev–Trinajstić information content (AvgIpc) is 3.12. The van der Waals surface area contributed by atoms with Crippen LogP contribution in [0.25, 0.3) is 0 Å². The third-order valence-electron chi connectivity index (χ3n) is 3.95. The first-order chi connectivity index (χ1) is 12.0. The average molecular weight is 344 g/mol. The Hall–Kier alpha value is -2.76. The van der Waals surface area contributed by atoms with Gasteiger partial charge < -0.3 is 19.8 Å². The van der Waals surface area contributed by atoms with E-state index in [1.165, 1.54) is 0 Å². The monoisotopic (exact) mass is 344 g/mol. The molecule has 0 saturated heterocycles. The van der Waals surface area contributed by atoms with E-state index in [0.717, 1.165) is 11.3 Å². The Kier molecular flexibility index (Phi) is 6.62. The molecule has 0 fully saturated rings. The number of rotatable bonds is 8. The van der Waals surface area contributed by atoms with Gasteiger partial charge in [-0.2, -0.15) is 0 Å². The number of carbonyl (C=O) groups is 2. The zero-order valence-electron chi connectivity index (χ0n) is 14.7. The number of para-hydroxylation sites is 1. The summed E-state index contributed by atoms with van der Waals surface area (Å²) in [4.78, 5) is 24.3. The third kappa shape index (κ3) is 5.38. The van der Waals surface area contributed by atoms with Gasteiger partial charge in [0.05, 0.1) is 19.9 Å². The molecular formula is C19H24N2O4. The Labute approximate surface area is 147 Å².